The first-order valence-electron chi connectivity index (χ1n) is 9.09. The molecular weight excluding hydrogens is 394 g/mol. The average Bonchev–Trinajstić information content (AvgIpc) is 2.64. The number of rotatable bonds is 5. The third-order valence-corrected chi connectivity index (χ3v) is 5.56. The Bertz CT molecular complexity index is 1190. The summed E-state index contributed by atoms with van der Waals surface area (Å²) in [6.45, 7) is 4.33. The maximum atomic E-state index is 12.7. The number of fused-ring (bicyclic) bond motifs is 1. The van der Waals surface area contributed by atoms with E-state index in [2.05, 4.69) is 15.4 Å². The first kappa shape index (κ1) is 19.4. The number of halogens is 1. The van der Waals surface area contributed by atoms with Crippen LogP contribution in [0.25, 0.3) is 10.9 Å². The molecule has 0 radical (unpaired) electrons. The number of ether oxygens (including phenoxy) is 1. The van der Waals surface area contributed by atoms with E-state index in [1.54, 1.807) is 19.1 Å². The van der Waals surface area contributed by atoms with Crippen LogP contribution < -0.4 is 16.6 Å². The molecule has 4 rings (SSSR count). The Morgan fingerprint density at radius 1 is 1.31 bits per heavy atom. The third-order valence-electron chi connectivity index (χ3n) is 5.15. The van der Waals surface area contributed by atoms with Gasteiger partial charge in [-0.15, -0.1) is 0 Å². The van der Waals surface area contributed by atoms with Gasteiger partial charge in [-0.2, -0.15) is 5.10 Å². The number of amides is 1. The van der Waals surface area contributed by atoms with E-state index in [1.165, 1.54) is 0 Å². The Morgan fingerprint density at radius 2 is 2.07 bits per heavy atom. The number of carbonyl (C=O) groups is 1. The molecule has 0 spiro atoms. The second kappa shape index (κ2) is 7.13. The number of hydrogen-bond donors (Lipinski definition) is 2. The van der Waals surface area contributed by atoms with Crippen molar-refractivity contribution in [2.45, 2.75) is 25.9 Å². The molecule has 3 heterocycles. The number of pyridine rings is 1. The fraction of sp³-hybridized carbons (Fsp3) is 0.300. The molecule has 3 N–H and O–H groups in total. The van der Waals surface area contributed by atoms with Gasteiger partial charge in [-0.05, 0) is 43.2 Å². The van der Waals surface area contributed by atoms with Crippen LogP contribution >= 0.6 is 11.6 Å². The van der Waals surface area contributed by atoms with Gasteiger partial charge in [0.25, 0.3) is 5.56 Å². The monoisotopic (exact) mass is 413 g/mol. The Kier molecular flexibility index (Phi) is 4.76. The van der Waals surface area contributed by atoms with Gasteiger partial charge in [-0.3, -0.25) is 9.59 Å². The molecule has 1 fully saturated rings. The molecule has 1 aliphatic heterocycles. The van der Waals surface area contributed by atoms with E-state index in [0.717, 1.165) is 15.8 Å². The summed E-state index contributed by atoms with van der Waals surface area (Å²) in [5, 5.41) is 8.87. The zero-order chi connectivity index (χ0) is 20.8. The lowest BCUT2D eigenvalue weighted by molar-refractivity contribution is -0.118. The molecule has 1 aromatic carbocycles. The highest BCUT2D eigenvalue weighted by atomic mass is 35.5. The van der Waals surface area contributed by atoms with E-state index in [1.807, 2.05) is 25.1 Å². The Balaban J connectivity index is 1.78. The van der Waals surface area contributed by atoms with Crippen molar-refractivity contribution in [2.24, 2.45) is 5.73 Å². The molecule has 0 atom stereocenters. The average molecular weight is 414 g/mol. The normalized spacial score (nSPS) is 15.1. The standard InChI is InChI=1S/C20H20ClN5O3/c1-11-14(4-3-5-15(11)21)20(9-29-10-20)24-17-7-6-13-12(2)25-26(8-16(22)27)19(28)18(13)23-17/h3-7H,8-10H2,1-2H3,(H2,22,27)(H,23,24). The number of nitrogens with two attached hydrogens (primary N) is 1. The number of primary amides is 1. The van der Waals surface area contributed by atoms with Gasteiger partial charge in [0, 0.05) is 10.4 Å². The Hall–Kier alpha value is -2.97. The third kappa shape index (κ3) is 3.34. The molecule has 1 amide bonds. The van der Waals surface area contributed by atoms with Crippen molar-refractivity contribution in [1.29, 1.82) is 0 Å². The number of aryl methyl sites for hydroxylation is 1. The van der Waals surface area contributed by atoms with Crippen LogP contribution in [-0.2, 0) is 21.6 Å². The van der Waals surface area contributed by atoms with Crippen molar-refractivity contribution in [3.05, 3.63) is 62.5 Å². The number of anilines is 1. The Morgan fingerprint density at radius 3 is 2.72 bits per heavy atom. The smallest absolute Gasteiger partial charge is 0.293 e. The molecule has 8 nitrogen and oxygen atoms in total. The van der Waals surface area contributed by atoms with E-state index >= 15 is 0 Å². The number of benzene rings is 1. The molecule has 0 saturated carbocycles. The maximum Gasteiger partial charge on any atom is 0.293 e. The summed E-state index contributed by atoms with van der Waals surface area (Å²) in [4.78, 5) is 28.5. The molecule has 1 saturated heterocycles. The molecule has 1 aliphatic rings. The van der Waals surface area contributed by atoms with Crippen molar-refractivity contribution in [3.8, 4) is 0 Å². The number of hydrogen-bond acceptors (Lipinski definition) is 6. The van der Waals surface area contributed by atoms with Crippen LogP contribution in [0.4, 0.5) is 5.82 Å². The first-order valence-corrected chi connectivity index (χ1v) is 9.47. The highest BCUT2D eigenvalue weighted by Crippen LogP contribution is 2.37. The molecule has 29 heavy (non-hydrogen) atoms. The van der Waals surface area contributed by atoms with Crippen LogP contribution in [0.1, 0.15) is 16.8 Å². The number of nitrogens with zero attached hydrogens (tertiary/aromatic N) is 3. The minimum absolute atomic E-state index is 0.224. The van der Waals surface area contributed by atoms with Gasteiger partial charge in [0.1, 0.15) is 23.4 Å². The molecule has 0 aliphatic carbocycles. The first-order chi connectivity index (χ1) is 13.8. The second-order valence-electron chi connectivity index (χ2n) is 7.22. The predicted octanol–water partition coefficient (Wildman–Crippen LogP) is 1.88. The summed E-state index contributed by atoms with van der Waals surface area (Å²) >= 11 is 6.31. The summed E-state index contributed by atoms with van der Waals surface area (Å²) in [5.74, 6) is -0.122. The Labute approximate surface area is 171 Å². The molecule has 3 aromatic rings. The molecular formula is C20H20ClN5O3. The van der Waals surface area contributed by atoms with Crippen LogP contribution in [-0.4, -0.2) is 33.9 Å². The fourth-order valence-electron chi connectivity index (χ4n) is 3.61. The molecule has 9 heteroatoms. The van der Waals surface area contributed by atoms with Crippen molar-refractivity contribution < 1.29 is 9.53 Å². The maximum absolute atomic E-state index is 12.7. The minimum atomic E-state index is -0.644. The summed E-state index contributed by atoms with van der Waals surface area (Å²) in [7, 11) is 0. The van der Waals surface area contributed by atoms with Gasteiger partial charge < -0.3 is 15.8 Å². The zero-order valence-corrected chi connectivity index (χ0v) is 16.8. The van der Waals surface area contributed by atoms with Crippen molar-refractivity contribution in [1.82, 2.24) is 14.8 Å². The van der Waals surface area contributed by atoms with E-state index in [-0.39, 0.29) is 12.1 Å². The van der Waals surface area contributed by atoms with Gasteiger partial charge in [0.15, 0.2) is 0 Å². The van der Waals surface area contributed by atoms with Gasteiger partial charge in [-0.25, -0.2) is 9.67 Å². The SMILES string of the molecule is Cc1c(Cl)cccc1C1(Nc2ccc3c(C)nn(CC(N)=O)c(=O)c3n2)COC1. The van der Waals surface area contributed by atoms with Gasteiger partial charge >= 0.3 is 0 Å². The van der Waals surface area contributed by atoms with Crippen LogP contribution in [0.2, 0.25) is 5.02 Å². The van der Waals surface area contributed by atoms with Crippen molar-refractivity contribution >= 4 is 34.2 Å². The van der Waals surface area contributed by atoms with E-state index in [0.29, 0.717) is 35.1 Å². The lowest BCUT2D eigenvalue weighted by Gasteiger charge is -2.43. The highest BCUT2D eigenvalue weighted by Gasteiger charge is 2.42. The van der Waals surface area contributed by atoms with E-state index in [9.17, 15) is 9.59 Å². The number of carbonyl (C=O) groups excluding carboxylic acids is 1. The quantitative estimate of drug-likeness (QED) is 0.660. The van der Waals surface area contributed by atoms with E-state index in [4.69, 9.17) is 22.1 Å². The minimum Gasteiger partial charge on any atom is -0.376 e. The number of aromatic nitrogens is 3. The highest BCUT2D eigenvalue weighted by molar-refractivity contribution is 6.31. The molecule has 2 aromatic heterocycles. The summed E-state index contributed by atoms with van der Waals surface area (Å²) < 4.78 is 6.53. The van der Waals surface area contributed by atoms with Crippen molar-refractivity contribution in [2.75, 3.05) is 18.5 Å². The summed E-state index contributed by atoms with van der Waals surface area (Å²) in [6.07, 6.45) is 0. The zero-order valence-electron chi connectivity index (χ0n) is 16.0. The predicted molar refractivity (Wildman–Crippen MR) is 110 cm³/mol. The summed E-state index contributed by atoms with van der Waals surface area (Å²) in [5.41, 5.74) is 7.08. The van der Waals surface area contributed by atoms with Crippen LogP contribution in [0.3, 0.4) is 0 Å². The second-order valence-corrected chi connectivity index (χ2v) is 7.63. The van der Waals surface area contributed by atoms with Crippen LogP contribution in [0.5, 0.6) is 0 Å². The van der Waals surface area contributed by atoms with E-state index < -0.39 is 17.0 Å². The van der Waals surface area contributed by atoms with Crippen molar-refractivity contribution in [3.63, 3.8) is 0 Å². The lowest BCUT2D eigenvalue weighted by Crippen LogP contribution is -2.53. The molecule has 0 unspecified atom stereocenters. The van der Waals surface area contributed by atoms with Gasteiger partial charge in [0.05, 0.1) is 18.9 Å². The summed E-state index contributed by atoms with van der Waals surface area (Å²) in [6, 6.07) is 9.35. The van der Waals surface area contributed by atoms with Crippen LogP contribution in [0, 0.1) is 13.8 Å². The molecule has 150 valence electrons. The molecule has 0 bridgehead atoms. The largest absolute Gasteiger partial charge is 0.376 e. The topological polar surface area (TPSA) is 112 Å². The van der Waals surface area contributed by atoms with Gasteiger partial charge in [-0.1, -0.05) is 23.7 Å². The van der Waals surface area contributed by atoms with Crippen LogP contribution in [0.15, 0.2) is 35.1 Å². The van der Waals surface area contributed by atoms with Gasteiger partial charge in [0.2, 0.25) is 5.91 Å². The number of nitrogens with one attached hydrogen (secondary N) is 1. The fourth-order valence-corrected chi connectivity index (χ4v) is 3.79. The lowest BCUT2D eigenvalue weighted by atomic mass is 9.85.